The number of amides is 3. The molecule has 4 heterocycles. The number of fused-ring (bicyclic) bond motifs is 2. The monoisotopic (exact) mass is 1120 g/mol. The predicted molar refractivity (Wildman–Crippen MR) is 281 cm³/mol. The number of para-hydroxylation sites is 2. The number of carbonyl (C=O) groups is 10. The number of hydrogen-bond acceptors (Lipinski definition) is 19. The van der Waals surface area contributed by atoms with Gasteiger partial charge in [-0.3, -0.25) is 60.0 Å². The number of aromatic nitrogens is 2. The molecule has 79 heavy (non-hydrogen) atoms. The van der Waals surface area contributed by atoms with Crippen molar-refractivity contribution in [3.63, 3.8) is 0 Å². The van der Waals surface area contributed by atoms with Crippen molar-refractivity contribution in [3.05, 3.63) is 71.0 Å². The van der Waals surface area contributed by atoms with Crippen LogP contribution in [-0.4, -0.2) is 290 Å². The van der Waals surface area contributed by atoms with Crippen LogP contribution in [0.5, 0.6) is 0 Å². The Bertz CT molecular complexity index is 2800. The Labute approximate surface area is 472 Å². The maximum absolute atomic E-state index is 14.3. The van der Waals surface area contributed by atoms with Crippen LogP contribution in [0.4, 0.5) is 0 Å². The van der Waals surface area contributed by atoms with E-state index in [1.165, 1.54) is 14.7 Å². The second kappa shape index (κ2) is 29.9. The molecule has 0 saturated carbocycles. The van der Waals surface area contributed by atoms with Crippen LogP contribution in [0.15, 0.2) is 48.5 Å². The van der Waals surface area contributed by atoms with Gasteiger partial charge < -0.3 is 61.4 Å². The molecule has 1 unspecified atom stereocenters. The number of carboxylic acid groups (broad SMARTS) is 6. The third-order valence-electron chi connectivity index (χ3n) is 13.5. The Morgan fingerprint density at radius 3 is 1.54 bits per heavy atom. The molecule has 30 nitrogen and oxygen atoms in total. The Morgan fingerprint density at radius 2 is 1.01 bits per heavy atom. The van der Waals surface area contributed by atoms with Gasteiger partial charge in [-0.05, 0) is 23.3 Å². The van der Waals surface area contributed by atoms with E-state index in [-0.39, 0.29) is 132 Å². The number of aliphatic carboxylic acids is 6. The number of hydrogen-bond donors (Lipinski definition) is 15. The van der Waals surface area contributed by atoms with E-state index in [0.29, 0.717) is 65.4 Å². The molecule has 2 saturated heterocycles. The normalized spacial score (nSPS) is 17.1. The summed E-state index contributed by atoms with van der Waals surface area (Å²) in [6.45, 7) is 0.441. The zero-order valence-corrected chi connectivity index (χ0v) is 42.3. The molecule has 15 N–H and O–H groups in total. The van der Waals surface area contributed by atoms with E-state index in [1.54, 1.807) is 53.4 Å². The van der Waals surface area contributed by atoms with E-state index in [2.05, 4.69) is 47.6 Å². The molecule has 0 bridgehead atoms. The average molecular weight is 1120 g/mol. The van der Waals surface area contributed by atoms with Crippen LogP contribution in [0.3, 0.4) is 0 Å². The first-order valence-corrected chi connectivity index (χ1v) is 24.8. The summed E-state index contributed by atoms with van der Waals surface area (Å²) >= 11 is 0. The second-order valence-electron chi connectivity index (χ2n) is 18.4. The van der Waals surface area contributed by atoms with Gasteiger partial charge in [0.25, 0.3) is 17.7 Å². The van der Waals surface area contributed by atoms with Crippen LogP contribution < -0.4 is 37.7 Å². The molecule has 1 atom stereocenters. The van der Waals surface area contributed by atoms with Gasteiger partial charge in [0.2, 0.25) is 6.04 Å². The molecule has 2 fully saturated rings. The number of benzene rings is 2. The zero-order chi connectivity index (χ0) is 56.5. The van der Waals surface area contributed by atoms with Gasteiger partial charge in [0.05, 0.1) is 13.1 Å². The summed E-state index contributed by atoms with van der Waals surface area (Å²) in [5.41, 5.74) is 8.69. The summed E-state index contributed by atoms with van der Waals surface area (Å²) in [5, 5.41) is 69.4. The fraction of sp³-hybridized carbons (Fsp3) is 0.458. The molecule has 0 spiro atoms. The Morgan fingerprint density at radius 1 is 0.544 bits per heavy atom. The molecule has 31 heteroatoms. The second-order valence-corrected chi connectivity index (χ2v) is 18.4. The van der Waals surface area contributed by atoms with Crippen LogP contribution in [0.1, 0.15) is 32.1 Å². The molecule has 3 amide bonds. The van der Waals surface area contributed by atoms with E-state index in [0.717, 1.165) is 4.90 Å². The number of carbonyl (C=O) groups excluding carboxylic acids is 4. The van der Waals surface area contributed by atoms with Gasteiger partial charge in [-0.25, -0.2) is 29.4 Å². The molecule has 2 aliphatic rings. The fourth-order valence-electron chi connectivity index (χ4n) is 9.46. The van der Waals surface area contributed by atoms with Crippen molar-refractivity contribution in [2.75, 3.05) is 118 Å². The molecule has 0 aliphatic carbocycles. The molecular formula is C48H65N14NaO16. The van der Waals surface area contributed by atoms with Crippen molar-refractivity contribution in [2.45, 2.75) is 24.2 Å². The molecule has 4 aromatic rings. The number of nitrogens with zero attached hydrogens (tertiary/aromatic N) is 5. The summed E-state index contributed by atoms with van der Waals surface area (Å²) in [4.78, 5) is 140. The first kappa shape index (κ1) is 62.9. The third-order valence-corrected chi connectivity index (χ3v) is 13.5. The maximum atomic E-state index is 14.3. The molecule has 2 aliphatic heterocycles. The van der Waals surface area contributed by atoms with Crippen LogP contribution in [0, 0.1) is 0 Å². The molecule has 0 radical (unpaired) electrons. The van der Waals surface area contributed by atoms with E-state index < -0.39 is 77.8 Å². The van der Waals surface area contributed by atoms with Gasteiger partial charge in [-0.1, -0.05) is 36.4 Å². The average Bonchev–Trinajstić information content (AvgIpc) is 3.94. The first-order chi connectivity index (χ1) is 37.4. The first-order valence-electron chi connectivity index (χ1n) is 24.8. The molecule has 6 rings (SSSR count). The zero-order valence-electron chi connectivity index (χ0n) is 42.3. The van der Waals surface area contributed by atoms with E-state index in [9.17, 15) is 78.6 Å². The van der Waals surface area contributed by atoms with Crippen molar-refractivity contribution in [3.8, 4) is 0 Å². The van der Waals surface area contributed by atoms with E-state index in [4.69, 9.17) is 0 Å². The standard InChI is InChI=1S/C48H64N14O16.Na.H/c63-28-35(60-21-19-59(27-37(65)66)16-12-51-13-17-61(23-22-60)40(43(69)70)44(71)72)54-56-41(67)38-31(29-5-1-3-7-33(29)52-38)25-32-30-6-2-4-8-34(30)53-39(32)42(68)57-55-36(64)26-58-15-11-49-9-10-50-14-18-62(24-20-58)48(45(73)74,46(75)76)47(77)78;;/h1-8,28,35,40,49-54H,9-27H2,(H,55,64)(H,56,67)(H,57,68)(H,65,66)(H,69,70)(H,71,72)(H,73,74)(H,75,76)(H,77,78);;. The van der Waals surface area contributed by atoms with Crippen molar-refractivity contribution < 1.29 is 78.6 Å². The summed E-state index contributed by atoms with van der Waals surface area (Å²) in [6, 6.07) is 12.0. The van der Waals surface area contributed by atoms with Crippen molar-refractivity contribution in [2.24, 2.45) is 0 Å². The van der Waals surface area contributed by atoms with Crippen molar-refractivity contribution >= 4 is 111 Å². The Hall–Kier alpha value is -6.94. The fourth-order valence-corrected chi connectivity index (χ4v) is 9.46. The molecule has 2 aromatic carbocycles. The minimum atomic E-state index is -3.32. The van der Waals surface area contributed by atoms with E-state index >= 15 is 0 Å². The van der Waals surface area contributed by atoms with Crippen LogP contribution in [-0.2, 0) is 44.8 Å². The summed E-state index contributed by atoms with van der Waals surface area (Å²) in [7, 11) is 0. The summed E-state index contributed by atoms with van der Waals surface area (Å²) in [6.07, 6.45) is -0.887. The van der Waals surface area contributed by atoms with Crippen molar-refractivity contribution in [1.29, 1.82) is 0 Å². The van der Waals surface area contributed by atoms with Gasteiger partial charge in [-0.15, -0.1) is 0 Å². The van der Waals surface area contributed by atoms with E-state index in [1.807, 2.05) is 0 Å². The number of rotatable bonds is 19. The number of aldehydes is 1. The Kier molecular flexibility index (Phi) is 23.8. The molecule has 2 aromatic heterocycles. The summed E-state index contributed by atoms with van der Waals surface area (Å²) < 4.78 is 0. The SMILES string of the molecule is O=CC(NNC(=O)c1[nH]c2ccccc2c1Cc1c(C(=O)NNC(=O)CN2CCNCCNCCN(C(C(=O)O)(C(=O)O)C(=O)O)CC2)[nH]c2ccccc12)N1CCN(CC(=O)O)CCNCCN(C(C(=O)O)C(=O)O)CC1.[NaH]. The van der Waals surface area contributed by atoms with Gasteiger partial charge in [0.15, 0.2) is 6.29 Å². The van der Waals surface area contributed by atoms with Gasteiger partial charge in [0, 0.05) is 133 Å². The van der Waals surface area contributed by atoms with Crippen LogP contribution in [0.2, 0.25) is 0 Å². The third kappa shape index (κ3) is 16.1. The predicted octanol–water partition coefficient (Wildman–Crippen LogP) is -4.97. The topological polar surface area (TPSA) is 424 Å². The molecule has 424 valence electrons. The van der Waals surface area contributed by atoms with Crippen molar-refractivity contribution in [1.82, 2.24) is 72.1 Å². The number of nitrogens with one attached hydrogen (secondary N) is 9. The minimum absolute atomic E-state index is 0. The van der Waals surface area contributed by atoms with Crippen LogP contribution >= 0.6 is 0 Å². The van der Waals surface area contributed by atoms with Gasteiger partial charge >= 0.3 is 70.9 Å². The number of carboxylic acids is 6. The number of aromatic amines is 2. The molecular weight excluding hydrogens is 1050 g/mol. The number of hydrazine groups is 2. The van der Waals surface area contributed by atoms with Crippen LogP contribution in [0.25, 0.3) is 21.8 Å². The quantitative estimate of drug-likeness (QED) is 0.0181. The van der Waals surface area contributed by atoms with Gasteiger partial charge in [-0.2, -0.15) is 0 Å². The van der Waals surface area contributed by atoms with Gasteiger partial charge in [0.1, 0.15) is 17.6 Å². The summed E-state index contributed by atoms with van der Waals surface area (Å²) in [5.74, 6) is -12.8. The number of H-pyrrole nitrogens is 2. The Balaban J connectivity index is 0.0000115.